The van der Waals surface area contributed by atoms with Crippen molar-refractivity contribution in [3.05, 3.63) is 45.5 Å². The molecule has 98 valence electrons. The summed E-state index contributed by atoms with van der Waals surface area (Å²) in [7, 11) is 3.62. The average Bonchev–Trinajstić information content (AvgIpc) is 3.01. The number of aryl methyl sites for hydroxylation is 1. The summed E-state index contributed by atoms with van der Waals surface area (Å²) in [5, 5.41) is 3.30. The zero-order valence-corrected chi connectivity index (χ0v) is 11.8. The van der Waals surface area contributed by atoms with E-state index in [-0.39, 0.29) is 6.04 Å². The van der Waals surface area contributed by atoms with Crippen LogP contribution in [0.1, 0.15) is 34.2 Å². The monoisotopic (exact) mass is 265 g/mol. The molecule has 0 saturated carbocycles. The molecular formula is C14H19NO2S. The Hall–Kier alpha value is -1.10. The Bertz CT molecular complexity index is 489. The van der Waals surface area contributed by atoms with Crippen LogP contribution in [0.15, 0.2) is 28.7 Å². The number of furan rings is 1. The van der Waals surface area contributed by atoms with E-state index in [1.165, 1.54) is 9.75 Å². The Kier molecular flexibility index (Phi) is 4.58. The standard InChI is InChI=1S/C14H19NO2S/c1-4-11-6-8-13(18-11)14(15-2)12-7-5-10(17-12)9-16-3/h5-8,14-15H,4,9H2,1-3H3. The maximum atomic E-state index is 5.79. The maximum Gasteiger partial charge on any atom is 0.129 e. The van der Waals surface area contributed by atoms with E-state index in [1.807, 2.05) is 30.5 Å². The minimum Gasteiger partial charge on any atom is -0.462 e. The van der Waals surface area contributed by atoms with Gasteiger partial charge in [-0.3, -0.25) is 0 Å². The van der Waals surface area contributed by atoms with Crippen LogP contribution in [0, 0.1) is 0 Å². The molecule has 18 heavy (non-hydrogen) atoms. The van der Waals surface area contributed by atoms with Gasteiger partial charge < -0.3 is 14.5 Å². The zero-order valence-electron chi connectivity index (χ0n) is 11.0. The van der Waals surface area contributed by atoms with Crippen molar-refractivity contribution in [3.63, 3.8) is 0 Å². The van der Waals surface area contributed by atoms with Crippen molar-refractivity contribution in [2.75, 3.05) is 14.2 Å². The van der Waals surface area contributed by atoms with Gasteiger partial charge in [-0.25, -0.2) is 0 Å². The Balaban J connectivity index is 2.21. The third kappa shape index (κ3) is 2.83. The van der Waals surface area contributed by atoms with E-state index in [9.17, 15) is 0 Å². The quantitative estimate of drug-likeness (QED) is 0.869. The highest BCUT2D eigenvalue weighted by atomic mass is 32.1. The molecule has 1 atom stereocenters. The lowest BCUT2D eigenvalue weighted by molar-refractivity contribution is 0.162. The first-order valence-corrected chi connectivity index (χ1v) is 6.93. The maximum absolute atomic E-state index is 5.79. The Labute approximate surface area is 112 Å². The fourth-order valence-electron chi connectivity index (χ4n) is 1.93. The number of rotatable bonds is 6. The van der Waals surface area contributed by atoms with Gasteiger partial charge in [-0.1, -0.05) is 6.92 Å². The third-order valence-electron chi connectivity index (χ3n) is 2.86. The van der Waals surface area contributed by atoms with Gasteiger partial charge in [0.1, 0.15) is 24.2 Å². The number of hydrogen-bond acceptors (Lipinski definition) is 4. The zero-order chi connectivity index (χ0) is 13.0. The lowest BCUT2D eigenvalue weighted by Crippen LogP contribution is -2.15. The largest absolute Gasteiger partial charge is 0.462 e. The van der Waals surface area contributed by atoms with Crippen molar-refractivity contribution in [1.29, 1.82) is 0 Å². The van der Waals surface area contributed by atoms with Crippen LogP contribution in [0.3, 0.4) is 0 Å². The predicted octanol–water partition coefficient (Wildman–Crippen LogP) is 3.36. The minimum absolute atomic E-state index is 0.126. The van der Waals surface area contributed by atoms with Crippen LogP contribution in [0.5, 0.6) is 0 Å². The number of hydrogen-bond donors (Lipinski definition) is 1. The fourth-order valence-corrected chi connectivity index (χ4v) is 3.00. The summed E-state index contributed by atoms with van der Waals surface area (Å²) in [5.41, 5.74) is 0. The molecular weight excluding hydrogens is 246 g/mol. The molecule has 0 aliphatic rings. The van der Waals surface area contributed by atoms with Crippen LogP contribution in [0.2, 0.25) is 0 Å². The minimum atomic E-state index is 0.126. The summed E-state index contributed by atoms with van der Waals surface area (Å²) in [4.78, 5) is 2.68. The molecule has 2 heterocycles. The molecule has 0 spiro atoms. The van der Waals surface area contributed by atoms with Gasteiger partial charge in [0.25, 0.3) is 0 Å². The lowest BCUT2D eigenvalue weighted by Gasteiger charge is -2.11. The molecule has 1 N–H and O–H groups in total. The molecule has 0 amide bonds. The van der Waals surface area contributed by atoms with Crippen molar-refractivity contribution in [3.8, 4) is 0 Å². The van der Waals surface area contributed by atoms with Crippen LogP contribution in [-0.2, 0) is 17.8 Å². The number of ether oxygens (including phenoxy) is 1. The second kappa shape index (κ2) is 6.18. The van der Waals surface area contributed by atoms with Gasteiger partial charge in [0.05, 0.1) is 0 Å². The van der Waals surface area contributed by atoms with E-state index >= 15 is 0 Å². The van der Waals surface area contributed by atoms with E-state index in [1.54, 1.807) is 7.11 Å². The molecule has 2 aromatic heterocycles. The van der Waals surface area contributed by atoms with Crippen molar-refractivity contribution in [1.82, 2.24) is 5.32 Å². The lowest BCUT2D eigenvalue weighted by atomic mass is 10.2. The molecule has 0 aliphatic carbocycles. The van der Waals surface area contributed by atoms with Gasteiger partial charge >= 0.3 is 0 Å². The topological polar surface area (TPSA) is 34.4 Å². The molecule has 1 unspecified atom stereocenters. The highest BCUT2D eigenvalue weighted by Crippen LogP contribution is 2.29. The van der Waals surface area contributed by atoms with Crippen LogP contribution >= 0.6 is 11.3 Å². The summed E-state index contributed by atoms with van der Waals surface area (Å²) >= 11 is 1.83. The van der Waals surface area contributed by atoms with Crippen LogP contribution in [0.4, 0.5) is 0 Å². The SMILES string of the molecule is CCc1ccc(C(NC)c2ccc(COC)o2)s1. The van der Waals surface area contributed by atoms with E-state index in [0.29, 0.717) is 6.61 Å². The summed E-state index contributed by atoms with van der Waals surface area (Å²) in [5.74, 6) is 1.80. The van der Waals surface area contributed by atoms with Gasteiger partial charge in [-0.15, -0.1) is 11.3 Å². The number of methoxy groups -OCH3 is 1. The predicted molar refractivity (Wildman–Crippen MR) is 74.0 cm³/mol. The van der Waals surface area contributed by atoms with E-state index in [0.717, 1.165) is 17.9 Å². The molecule has 2 rings (SSSR count). The first kappa shape index (κ1) is 13.3. The molecule has 2 aromatic rings. The summed E-state index contributed by atoms with van der Waals surface area (Å²) < 4.78 is 10.9. The first-order valence-electron chi connectivity index (χ1n) is 6.12. The molecule has 0 saturated heterocycles. The number of thiophene rings is 1. The molecule has 3 nitrogen and oxygen atoms in total. The second-order valence-corrected chi connectivity index (χ2v) is 5.32. The molecule has 0 aliphatic heterocycles. The Morgan fingerprint density at radius 1 is 1.33 bits per heavy atom. The molecule has 4 heteroatoms. The van der Waals surface area contributed by atoms with Gasteiger partial charge in [0.2, 0.25) is 0 Å². The van der Waals surface area contributed by atoms with Crippen molar-refractivity contribution in [2.45, 2.75) is 26.0 Å². The first-order chi connectivity index (χ1) is 8.78. The summed E-state index contributed by atoms with van der Waals surface area (Å²) in [6.07, 6.45) is 1.08. The highest BCUT2D eigenvalue weighted by molar-refractivity contribution is 7.12. The summed E-state index contributed by atoms with van der Waals surface area (Å²) in [6.45, 7) is 2.69. The fraction of sp³-hybridized carbons (Fsp3) is 0.429. The van der Waals surface area contributed by atoms with Gasteiger partial charge in [-0.05, 0) is 37.7 Å². The second-order valence-electron chi connectivity index (χ2n) is 4.12. The van der Waals surface area contributed by atoms with Crippen molar-refractivity contribution in [2.24, 2.45) is 0 Å². The van der Waals surface area contributed by atoms with Crippen LogP contribution in [0.25, 0.3) is 0 Å². The van der Waals surface area contributed by atoms with E-state index in [2.05, 4.69) is 24.4 Å². The third-order valence-corrected chi connectivity index (χ3v) is 4.15. The smallest absolute Gasteiger partial charge is 0.129 e. The Morgan fingerprint density at radius 2 is 2.17 bits per heavy atom. The molecule has 0 radical (unpaired) electrons. The van der Waals surface area contributed by atoms with Crippen LogP contribution in [-0.4, -0.2) is 14.2 Å². The normalized spacial score (nSPS) is 12.8. The van der Waals surface area contributed by atoms with E-state index in [4.69, 9.17) is 9.15 Å². The molecule has 0 fully saturated rings. The van der Waals surface area contributed by atoms with E-state index < -0.39 is 0 Å². The molecule has 0 aromatic carbocycles. The van der Waals surface area contributed by atoms with Gasteiger partial charge in [0.15, 0.2) is 0 Å². The van der Waals surface area contributed by atoms with Crippen molar-refractivity contribution < 1.29 is 9.15 Å². The summed E-state index contributed by atoms with van der Waals surface area (Å²) in [6, 6.07) is 8.46. The Morgan fingerprint density at radius 3 is 2.78 bits per heavy atom. The van der Waals surface area contributed by atoms with Crippen molar-refractivity contribution >= 4 is 11.3 Å². The molecule has 0 bridgehead atoms. The average molecular weight is 265 g/mol. The highest BCUT2D eigenvalue weighted by Gasteiger charge is 2.17. The van der Waals surface area contributed by atoms with Gasteiger partial charge in [-0.2, -0.15) is 0 Å². The number of nitrogens with one attached hydrogen (secondary N) is 1. The van der Waals surface area contributed by atoms with Gasteiger partial charge in [0, 0.05) is 16.9 Å². The van der Waals surface area contributed by atoms with Crippen LogP contribution < -0.4 is 5.32 Å².